The van der Waals surface area contributed by atoms with Crippen molar-refractivity contribution < 1.29 is 9.47 Å². The Hall–Kier alpha value is -3.90. The lowest BCUT2D eigenvalue weighted by Gasteiger charge is -2.18. The van der Waals surface area contributed by atoms with Crippen LogP contribution in [-0.2, 0) is 0 Å². The molecule has 0 bridgehead atoms. The zero-order valence-corrected chi connectivity index (χ0v) is 22.2. The Morgan fingerprint density at radius 3 is 2.59 bits per heavy atom. The van der Waals surface area contributed by atoms with Gasteiger partial charge in [0.2, 0.25) is 0 Å². The normalized spacial score (nSPS) is 11.4. The van der Waals surface area contributed by atoms with Crippen LogP contribution >= 0.6 is 11.6 Å². The second-order valence-corrected chi connectivity index (χ2v) is 9.30. The van der Waals surface area contributed by atoms with Crippen LogP contribution in [0.3, 0.4) is 0 Å². The van der Waals surface area contributed by atoms with Crippen molar-refractivity contribution in [1.29, 1.82) is 0 Å². The number of benzene rings is 3. The molecule has 0 radical (unpaired) electrons. The van der Waals surface area contributed by atoms with Crippen LogP contribution < -0.4 is 15.0 Å². The quantitative estimate of drug-likeness (QED) is 0.178. The molecule has 0 amide bonds. The molecule has 0 saturated carbocycles. The maximum Gasteiger partial charge on any atom is 0.282 e. The average Bonchev–Trinajstić information content (AvgIpc) is 2.88. The van der Waals surface area contributed by atoms with E-state index in [4.69, 9.17) is 26.1 Å². The highest BCUT2D eigenvalue weighted by Crippen LogP contribution is 2.34. The number of fused-ring (bicyclic) bond motifs is 1. The van der Waals surface area contributed by atoms with Gasteiger partial charge in [-0.3, -0.25) is 4.79 Å². The van der Waals surface area contributed by atoms with Crippen molar-refractivity contribution >= 4 is 28.7 Å². The molecule has 0 aliphatic rings. The molecule has 4 rings (SSSR count). The summed E-state index contributed by atoms with van der Waals surface area (Å²) in [7, 11) is 0. The van der Waals surface area contributed by atoms with Gasteiger partial charge >= 0.3 is 0 Å². The number of hydrogen-bond donors (Lipinski definition) is 0. The van der Waals surface area contributed by atoms with E-state index in [1.807, 2.05) is 44.2 Å². The van der Waals surface area contributed by atoms with Crippen molar-refractivity contribution in [2.45, 2.75) is 33.6 Å². The Labute approximate surface area is 221 Å². The fourth-order valence-corrected chi connectivity index (χ4v) is 4.31. The van der Waals surface area contributed by atoms with Crippen molar-refractivity contribution in [3.05, 3.63) is 99.3 Å². The Kier molecular flexibility index (Phi) is 8.09. The molecule has 190 valence electrons. The van der Waals surface area contributed by atoms with Gasteiger partial charge in [0.1, 0.15) is 18.1 Å². The van der Waals surface area contributed by atoms with E-state index in [0.29, 0.717) is 46.3 Å². The van der Waals surface area contributed by atoms with Gasteiger partial charge in [-0.05, 0) is 78.9 Å². The topological polar surface area (TPSA) is 65.7 Å². The summed E-state index contributed by atoms with van der Waals surface area (Å²) >= 11 is 6.38. The number of aromatic nitrogens is 2. The predicted molar refractivity (Wildman–Crippen MR) is 152 cm³/mol. The Morgan fingerprint density at radius 2 is 1.89 bits per heavy atom. The molecule has 4 aromatic rings. The molecule has 0 N–H and O–H groups in total. The standard InChI is InChI=1S/C30H30ClN3O3/c1-6-14-37-27-13-12-21(16-25(27)31)18-32-34-29(33-26-11-9-8-10-22(26)30(34)35)24-17-23(19(3)4)28(36-7-2)15-20(24)5/h6,8-13,15-19H,1,7,14H2,2-5H3. The molecule has 0 atom stereocenters. The highest BCUT2D eigenvalue weighted by atomic mass is 35.5. The molecule has 7 heteroatoms. The number of hydrogen-bond acceptors (Lipinski definition) is 5. The van der Waals surface area contributed by atoms with E-state index in [1.165, 1.54) is 4.68 Å². The summed E-state index contributed by atoms with van der Waals surface area (Å²) < 4.78 is 12.8. The van der Waals surface area contributed by atoms with Crippen molar-refractivity contribution in [1.82, 2.24) is 9.66 Å². The van der Waals surface area contributed by atoms with E-state index < -0.39 is 0 Å². The van der Waals surface area contributed by atoms with Gasteiger partial charge in [0, 0.05) is 5.56 Å². The Balaban J connectivity index is 1.89. The highest BCUT2D eigenvalue weighted by molar-refractivity contribution is 6.32. The number of para-hydroxylation sites is 1. The summed E-state index contributed by atoms with van der Waals surface area (Å²) in [6.07, 6.45) is 3.25. The maximum atomic E-state index is 13.6. The molecule has 0 fully saturated rings. The smallest absolute Gasteiger partial charge is 0.282 e. The van der Waals surface area contributed by atoms with Crippen molar-refractivity contribution in [3.8, 4) is 22.9 Å². The largest absolute Gasteiger partial charge is 0.494 e. The molecular formula is C30H30ClN3O3. The molecule has 0 aliphatic heterocycles. The van der Waals surface area contributed by atoms with Crippen molar-refractivity contribution in [2.75, 3.05) is 13.2 Å². The maximum absolute atomic E-state index is 13.6. The van der Waals surface area contributed by atoms with Crippen LogP contribution in [0.5, 0.6) is 11.5 Å². The van der Waals surface area contributed by atoms with Gasteiger partial charge in [0.15, 0.2) is 5.82 Å². The lowest BCUT2D eigenvalue weighted by Crippen LogP contribution is -2.20. The fraction of sp³-hybridized carbons (Fsp3) is 0.233. The number of ether oxygens (including phenoxy) is 2. The molecule has 0 aliphatic carbocycles. The molecule has 6 nitrogen and oxygen atoms in total. The van der Waals surface area contributed by atoms with Crippen LogP contribution in [0.4, 0.5) is 0 Å². The van der Waals surface area contributed by atoms with Crippen LogP contribution in [0.25, 0.3) is 22.3 Å². The first-order chi connectivity index (χ1) is 17.8. The van der Waals surface area contributed by atoms with Crippen molar-refractivity contribution in [3.63, 3.8) is 0 Å². The predicted octanol–water partition coefficient (Wildman–Crippen LogP) is 6.99. The second-order valence-electron chi connectivity index (χ2n) is 8.90. The fourth-order valence-electron chi connectivity index (χ4n) is 4.06. The lowest BCUT2D eigenvalue weighted by atomic mass is 9.96. The van der Waals surface area contributed by atoms with E-state index in [9.17, 15) is 4.79 Å². The van der Waals surface area contributed by atoms with E-state index in [2.05, 4.69) is 31.6 Å². The van der Waals surface area contributed by atoms with Gasteiger partial charge in [0.05, 0.1) is 28.7 Å². The molecule has 1 heterocycles. The van der Waals surface area contributed by atoms with Crippen LogP contribution in [-0.4, -0.2) is 29.1 Å². The zero-order valence-electron chi connectivity index (χ0n) is 21.5. The third kappa shape index (κ3) is 5.59. The first kappa shape index (κ1) is 26.2. The van der Waals surface area contributed by atoms with E-state index >= 15 is 0 Å². The SMILES string of the molecule is C=CCOc1ccc(C=Nn2c(-c3cc(C(C)C)c(OCC)cc3C)nc3ccccc3c2=O)cc1Cl. The van der Waals surface area contributed by atoms with E-state index in [1.54, 1.807) is 30.5 Å². The molecule has 0 spiro atoms. The number of nitrogens with zero attached hydrogens (tertiary/aromatic N) is 3. The minimum atomic E-state index is -0.256. The third-order valence-electron chi connectivity index (χ3n) is 5.91. The van der Waals surface area contributed by atoms with Gasteiger partial charge in [-0.2, -0.15) is 9.78 Å². The molecule has 37 heavy (non-hydrogen) atoms. The van der Waals surface area contributed by atoms with Crippen LogP contribution in [0, 0.1) is 6.92 Å². The summed E-state index contributed by atoms with van der Waals surface area (Å²) in [5.41, 5.74) is 3.87. The highest BCUT2D eigenvalue weighted by Gasteiger charge is 2.18. The summed E-state index contributed by atoms with van der Waals surface area (Å²) in [4.78, 5) is 18.5. The molecule has 0 saturated heterocycles. The van der Waals surface area contributed by atoms with E-state index in [0.717, 1.165) is 22.4 Å². The number of aryl methyl sites for hydroxylation is 1. The third-order valence-corrected chi connectivity index (χ3v) is 6.20. The Bertz CT molecular complexity index is 1540. The zero-order chi connectivity index (χ0) is 26.5. The van der Waals surface area contributed by atoms with Gasteiger partial charge in [-0.1, -0.05) is 50.2 Å². The van der Waals surface area contributed by atoms with Crippen molar-refractivity contribution in [2.24, 2.45) is 5.10 Å². The summed E-state index contributed by atoms with van der Waals surface area (Å²) in [6.45, 7) is 12.8. The van der Waals surface area contributed by atoms with Gasteiger partial charge in [-0.25, -0.2) is 4.98 Å². The molecule has 0 unspecified atom stereocenters. The summed E-state index contributed by atoms with van der Waals surface area (Å²) in [5.74, 6) is 2.06. The van der Waals surface area contributed by atoms with Gasteiger partial charge in [0.25, 0.3) is 5.56 Å². The minimum absolute atomic E-state index is 0.217. The summed E-state index contributed by atoms with van der Waals surface area (Å²) in [5, 5.41) is 5.51. The lowest BCUT2D eigenvalue weighted by molar-refractivity contribution is 0.335. The monoisotopic (exact) mass is 515 g/mol. The number of halogens is 1. The summed E-state index contributed by atoms with van der Waals surface area (Å²) in [6, 6.07) is 16.7. The average molecular weight is 516 g/mol. The Morgan fingerprint density at radius 1 is 1.11 bits per heavy atom. The van der Waals surface area contributed by atoms with Crippen LogP contribution in [0.2, 0.25) is 5.02 Å². The minimum Gasteiger partial charge on any atom is -0.494 e. The van der Waals surface area contributed by atoms with Gasteiger partial charge < -0.3 is 9.47 Å². The molecular weight excluding hydrogens is 486 g/mol. The first-order valence-corrected chi connectivity index (χ1v) is 12.6. The molecule has 3 aromatic carbocycles. The first-order valence-electron chi connectivity index (χ1n) is 12.2. The van der Waals surface area contributed by atoms with E-state index in [-0.39, 0.29) is 11.5 Å². The van der Waals surface area contributed by atoms with Crippen LogP contribution in [0.1, 0.15) is 43.4 Å². The van der Waals surface area contributed by atoms with Gasteiger partial charge in [-0.15, -0.1) is 0 Å². The van der Waals surface area contributed by atoms with Crippen LogP contribution in [0.15, 0.2) is 77.1 Å². The second kappa shape index (κ2) is 11.4. The number of rotatable bonds is 9. The molecule has 1 aromatic heterocycles.